The third-order valence-corrected chi connectivity index (χ3v) is 5.24. The number of hydrogen-bond acceptors (Lipinski definition) is 2. The van der Waals surface area contributed by atoms with Crippen LogP contribution >= 0.6 is 0 Å². The van der Waals surface area contributed by atoms with Crippen molar-refractivity contribution in [3.05, 3.63) is 65.2 Å². The highest BCUT2D eigenvalue weighted by atomic mass is 16.5. The van der Waals surface area contributed by atoms with Crippen molar-refractivity contribution in [1.82, 2.24) is 0 Å². The van der Waals surface area contributed by atoms with E-state index in [1.807, 2.05) is 6.07 Å². The summed E-state index contributed by atoms with van der Waals surface area (Å²) >= 11 is 0. The van der Waals surface area contributed by atoms with Crippen LogP contribution < -0.4 is 4.74 Å². The normalized spacial score (nSPS) is 14.0. The van der Waals surface area contributed by atoms with Gasteiger partial charge in [0, 0.05) is 5.56 Å². The summed E-state index contributed by atoms with van der Waals surface area (Å²) < 4.78 is 6.84. The van der Waals surface area contributed by atoms with Crippen LogP contribution in [-0.4, -0.2) is 42.9 Å². The van der Waals surface area contributed by atoms with E-state index in [4.69, 9.17) is 4.74 Å². The zero-order valence-electron chi connectivity index (χ0n) is 19.6. The fourth-order valence-corrected chi connectivity index (χ4v) is 3.66. The first-order valence-electron chi connectivity index (χ1n) is 10.6. The summed E-state index contributed by atoms with van der Waals surface area (Å²) in [5.41, 5.74) is 3.84. The number of rotatable bonds is 7. The molecular weight excluding hydrogens is 358 g/mol. The molecule has 1 atom stereocenters. The summed E-state index contributed by atoms with van der Waals surface area (Å²) in [5, 5.41) is 10.7. The second-order valence-corrected chi connectivity index (χ2v) is 10.9. The zero-order chi connectivity index (χ0) is 21.9. The Balaban J connectivity index is 2.06. The quantitative estimate of drug-likeness (QED) is 0.642. The molecule has 2 rings (SSSR count). The van der Waals surface area contributed by atoms with Crippen LogP contribution in [0.2, 0.25) is 0 Å². The van der Waals surface area contributed by atoms with Gasteiger partial charge in [-0.3, -0.25) is 0 Å². The molecule has 3 nitrogen and oxygen atoms in total. The molecule has 0 aromatic heterocycles. The average Bonchev–Trinajstić information content (AvgIpc) is 2.58. The van der Waals surface area contributed by atoms with E-state index in [1.54, 1.807) is 0 Å². The van der Waals surface area contributed by atoms with Crippen LogP contribution in [0.1, 0.15) is 58.2 Å². The summed E-state index contributed by atoms with van der Waals surface area (Å²) in [6.45, 7) is 15.1. The molecule has 0 amide bonds. The first kappa shape index (κ1) is 23.4. The van der Waals surface area contributed by atoms with Gasteiger partial charge in [0.15, 0.2) is 0 Å². The van der Waals surface area contributed by atoms with Gasteiger partial charge in [-0.15, -0.1) is 0 Å². The number of aliphatic hydroxyl groups is 1. The minimum absolute atomic E-state index is 0.0236. The second-order valence-electron chi connectivity index (χ2n) is 10.9. The predicted molar refractivity (Wildman–Crippen MR) is 122 cm³/mol. The minimum atomic E-state index is -0.524. The lowest BCUT2D eigenvalue weighted by atomic mass is 9.80. The minimum Gasteiger partial charge on any atom is -0.490 e. The number of quaternary nitrogens is 1. The number of aliphatic hydroxyl groups excluding tert-OH is 1. The number of nitrogens with zero attached hydrogens (tertiary/aromatic N) is 1. The lowest BCUT2D eigenvalue weighted by Crippen LogP contribution is -2.46. The van der Waals surface area contributed by atoms with Gasteiger partial charge in [-0.05, 0) is 28.0 Å². The maximum atomic E-state index is 10.7. The van der Waals surface area contributed by atoms with E-state index in [-0.39, 0.29) is 10.8 Å². The maximum absolute atomic E-state index is 10.7. The summed E-state index contributed by atoms with van der Waals surface area (Å²) in [5.74, 6) is 0.873. The summed E-state index contributed by atoms with van der Waals surface area (Å²) in [6, 6.07) is 16.9. The molecule has 0 bridgehead atoms. The Morgan fingerprint density at radius 1 is 0.897 bits per heavy atom. The van der Waals surface area contributed by atoms with Gasteiger partial charge in [-0.2, -0.15) is 0 Å². The van der Waals surface area contributed by atoms with Crippen LogP contribution in [0.15, 0.2) is 48.5 Å². The molecule has 1 N–H and O–H groups in total. The van der Waals surface area contributed by atoms with Gasteiger partial charge in [0.05, 0.1) is 14.1 Å². The van der Waals surface area contributed by atoms with Gasteiger partial charge in [-0.25, -0.2) is 0 Å². The lowest BCUT2D eigenvalue weighted by molar-refractivity contribution is -0.906. The Kier molecular flexibility index (Phi) is 7.19. The van der Waals surface area contributed by atoms with Gasteiger partial charge in [0.2, 0.25) is 0 Å². The van der Waals surface area contributed by atoms with E-state index in [9.17, 15) is 5.11 Å². The molecule has 0 fully saturated rings. The molecule has 2 aromatic rings. The molecular formula is C26H40NO2+. The van der Waals surface area contributed by atoms with Gasteiger partial charge in [0.25, 0.3) is 0 Å². The maximum Gasteiger partial charge on any atom is 0.137 e. The largest absolute Gasteiger partial charge is 0.490 e. The van der Waals surface area contributed by atoms with Crippen LogP contribution in [0.25, 0.3) is 0 Å². The molecule has 0 aliphatic rings. The van der Waals surface area contributed by atoms with E-state index in [2.05, 4.69) is 98.1 Å². The Labute approximate surface area is 177 Å². The number of hydrogen-bond donors (Lipinski definition) is 1. The van der Waals surface area contributed by atoms with Crippen LogP contribution in [0.3, 0.4) is 0 Å². The van der Waals surface area contributed by atoms with Gasteiger partial charge >= 0.3 is 0 Å². The standard InChI is InChI=1S/C26H40NO2/c1-25(2,3)21-14-15-24(23(16-21)26(4,5)6)29-19-22(28)18-27(7,8)17-20-12-10-9-11-13-20/h9-16,22,28H,17-19H2,1-8H3/q+1/t22-/m0/s1. The molecule has 3 heteroatoms. The topological polar surface area (TPSA) is 29.5 Å². The van der Waals surface area contributed by atoms with E-state index < -0.39 is 6.10 Å². The molecule has 0 aliphatic heterocycles. The molecule has 0 heterocycles. The Hall–Kier alpha value is -1.84. The zero-order valence-corrected chi connectivity index (χ0v) is 19.6. The third-order valence-electron chi connectivity index (χ3n) is 5.24. The molecule has 2 aromatic carbocycles. The second kappa shape index (κ2) is 8.89. The van der Waals surface area contributed by atoms with Crippen LogP contribution in [0.5, 0.6) is 5.75 Å². The Morgan fingerprint density at radius 3 is 2.07 bits per heavy atom. The van der Waals surface area contributed by atoms with Gasteiger partial charge < -0.3 is 14.3 Å². The van der Waals surface area contributed by atoms with E-state index in [0.29, 0.717) is 17.6 Å². The van der Waals surface area contributed by atoms with Crippen LogP contribution in [0, 0.1) is 0 Å². The highest BCUT2D eigenvalue weighted by molar-refractivity contribution is 5.43. The fourth-order valence-electron chi connectivity index (χ4n) is 3.66. The molecule has 0 spiro atoms. The van der Waals surface area contributed by atoms with E-state index in [0.717, 1.165) is 12.3 Å². The lowest BCUT2D eigenvalue weighted by Gasteiger charge is -2.32. The van der Waals surface area contributed by atoms with Crippen molar-refractivity contribution < 1.29 is 14.3 Å². The SMILES string of the molecule is CC(C)(C)c1ccc(OC[C@@H](O)C[N+](C)(C)Cc2ccccc2)c(C(C)(C)C)c1. The number of benzene rings is 2. The summed E-state index contributed by atoms with van der Waals surface area (Å²) in [6.07, 6.45) is -0.524. The molecule has 0 aliphatic carbocycles. The number of likely N-dealkylation sites (N-methyl/N-ethyl adjacent to an activating group) is 1. The van der Waals surface area contributed by atoms with E-state index >= 15 is 0 Å². The molecule has 0 unspecified atom stereocenters. The first-order valence-corrected chi connectivity index (χ1v) is 10.6. The third kappa shape index (κ3) is 7.17. The van der Waals surface area contributed by atoms with Crippen LogP contribution in [0.4, 0.5) is 0 Å². The summed E-state index contributed by atoms with van der Waals surface area (Å²) in [4.78, 5) is 0. The highest BCUT2D eigenvalue weighted by Gasteiger charge is 2.25. The van der Waals surface area contributed by atoms with Crippen molar-refractivity contribution in [3.63, 3.8) is 0 Å². The number of ether oxygens (including phenoxy) is 1. The Bertz CT molecular complexity index is 783. The fraction of sp³-hybridized carbons (Fsp3) is 0.538. The Morgan fingerprint density at radius 2 is 1.52 bits per heavy atom. The van der Waals surface area contributed by atoms with Crippen molar-refractivity contribution in [1.29, 1.82) is 0 Å². The van der Waals surface area contributed by atoms with Crippen LogP contribution in [-0.2, 0) is 17.4 Å². The van der Waals surface area contributed by atoms with Gasteiger partial charge in [0.1, 0.15) is 31.5 Å². The predicted octanol–water partition coefficient (Wildman–Crippen LogP) is 5.30. The van der Waals surface area contributed by atoms with Crippen molar-refractivity contribution in [2.75, 3.05) is 27.2 Å². The van der Waals surface area contributed by atoms with E-state index in [1.165, 1.54) is 16.7 Å². The van der Waals surface area contributed by atoms with Crippen molar-refractivity contribution in [2.45, 2.75) is 65.0 Å². The van der Waals surface area contributed by atoms with Gasteiger partial charge in [-0.1, -0.05) is 84.0 Å². The van der Waals surface area contributed by atoms with Crippen molar-refractivity contribution in [2.24, 2.45) is 0 Å². The monoisotopic (exact) mass is 398 g/mol. The summed E-state index contributed by atoms with van der Waals surface area (Å²) in [7, 11) is 4.30. The molecule has 0 saturated heterocycles. The first-order chi connectivity index (χ1) is 13.3. The average molecular weight is 399 g/mol. The molecule has 0 radical (unpaired) electrons. The highest BCUT2D eigenvalue weighted by Crippen LogP contribution is 2.35. The smallest absolute Gasteiger partial charge is 0.137 e. The molecule has 160 valence electrons. The molecule has 0 saturated carbocycles. The molecule has 29 heavy (non-hydrogen) atoms. The van der Waals surface area contributed by atoms with Crippen molar-refractivity contribution in [3.8, 4) is 5.75 Å². The van der Waals surface area contributed by atoms with Crippen molar-refractivity contribution >= 4 is 0 Å².